The number of hydrogen-bond donors (Lipinski definition) is 1. The molecular formula is C16H28N2O2. The molecule has 1 saturated heterocycles. The third kappa shape index (κ3) is 4.33. The predicted molar refractivity (Wildman–Crippen MR) is 80.6 cm³/mol. The predicted octanol–water partition coefficient (Wildman–Crippen LogP) is 2.37. The van der Waals surface area contributed by atoms with E-state index >= 15 is 0 Å². The van der Waals surface area contributed by atoms with E-state index < -0.39 is 0 Å². The van der Waals surface area contributed by atoms with Crippen LogP contribution in [0.1, 0.15) is 38.5 Å². The normalized spacial score (nSPS) is 21.2. The summed E-state index contributed by atoms with van der Waals surface area (Å²) < 4.78 is 5.43. The number of aliphatic hydroxyl groups is 1. The lowest BCUT2D eigenvalue weighted by Gasteiger charge is -2.33. The van der Waals surface area contributed by atoms with E-state index in [1.165, 1.54) is 12.8 Å². The molecule has 2 rings (SSSR count). The summed E-state index contributed by atoms with van der Waals surface area (Å²) in [4.78, 5) is 4.53. The lowest BCUT2D eigenvalue weighted by Crippen LogP contribution is -2.42. The summed E-state index contributed by atoms with van der Waals surface area (Å²) in [5.74, 6) is 1.79. The first kappa shape index (κ1) is 15.5. The Morgan fingerprint density at radius 2 is 2.15 bits per heavy atom. The van der Waals surface area contributed by atoms with Gasteiger partial charge in [-0.25, -0.2) is 0 Å². The molecule has 4 heteroatoms. The number of β-amino-alcohol motifs (C(OH)–C–C–N with tert-alkyl or cyclic N) is 1. The second-order valence-corrected chi connectivity index (χ2v) is 6.27. The van der Waals surface area contributed by atoms with E-state index in [-0.39, 0.29) is 12.1 Å². The summed E-state index contributed by atoms with van der Waals surface area (Å²) in [7, 11) is 2.04. The molecule has 0 radical (unpaired) electrons. The number of nitrogens with zero attached hydrogens (tertiary/aromatic N) is 2. The molecule has 2 heterocycles. The van der Waals surface area contributed by atoms with Gasteiger partial charge in [0.05, 0.1) is 18.4 Å². The van der Waals surface area contributed by atoms with Gasteiger partial charge in [0.25, 0.3) is 0 Å². The first-order chi connectivity index (χ1) is 9.56. The Hall–Kier alpha value is -0.840. The van der Waals surface area contributed by atoms with Crippen LogP contribution in [-0.2, 0) is 0 Å². The molecule has 2 atom stereocenters. The van der Waals surface area contributed by atoms with Crippen molar-refractivity contribution >= 4 is 0 Å². The van der Waals surface area contributed by atoms with Crippen molar-refractivity contribution in [3.63, 3.8) is 0 Å². The molecule has 0 saturated carbocycles. The van der Waals surface area contributed by atoms with Crippen LogP contribution >= 0.6 is 0 Å². The van der Waals surface area contributed by atoms with Gasteiger partial charge in [-0.1, -0.05) is 6.92 Å². The van der Waals surface area contributed by atoms with E-state index in [9.17, 15) is 5.11 Å². The Labute approximate surface area is 122 Å². The van der Waals surface area contributed by atoms with Crippen LogP contribution in [0.2, 0.25) is 0 Å². The number of hydrogen-bond acceptors (Lipinski definition) is 4. The van der Waals surface area contributed by atoms with Crippen LogP contribution in [0.15, 0.2) is 22.8 Å². The van der Waals surface area contributed by atoms with Gasteiger partial charge < -0.3 is 14.4 Å². The quantitative estimate of drug-likeness (QED) is 0.868. The Bertz CT molecular complexity index is 372. The van der Waals surface area contributed by atoms with Gasteiger partial charge in [-0.3, -0.25) is 4.90 Å². The molecule has 1 N–H and O–H groups in total. The third-order valence-corrected chi connectivity index (χ3v) is 4.46. The standard InChI is InChI=1S/C16H28N2O2/c1-13-6-8-18(9-7-13)12-15(19)11-17(3)14(2)16-5-4-10-20-16/h4-5,10,13-15,19H,6-9,11-12H2,1-3H3. The van der Waals surface area contributed by atoms with Gasteiger partial charge in [0.15, 0.2) is 0 Å². The number of likely N-dealkylation sites (N-methyl/N-ethyl adjacent to an activating group) is 1. The highest BCUT2D eigenvalue weighted by atomic mass is 16.3. The van der Waals surface area contributed by atoms with Gasteiger partial charge in [0, 0.05) is 13.1 Å². The maximum absolute atomic E-state index is 10.3. The zero-order valence-corrected chi connectivity index (χ0v) is 13.0. The van der Waals surface area contributed by atoms with Crippen LogP contribution in [-0.4, -0.2) is 54.2 Å². The molecule has 20 heavy (non-hydrogen) atoms. The second-order valence-electron chi connectivity index (χ2n) is 6.27. The molecule has 0 spiro atoms. The van der Waals surface area contributed by atoms with Gasteiger partial charge in [-0.05, 0) is 58.0 Å². The van der Waals surface area contributed by atoms with Crippen molar-refractivity contribution in [2.75, 3.05) is 33.2 Å². The van der Waals surface area contributed by atoms with E-state index in [0.29, 0.717) is 6.54 Å². The maximum Gasteiger partial charge on any atom is 0.120 e. The average molecular weight is 280 g/mol. The lowest BCUT2D eigenvalue weighted by molar-refractivity contribution is 0.0563. The van der Waals surface area contributed by atoms with Crippen LogP contribution in [0.25, 0.3) is 0 Å². The number of aliphatic hydroxyl groups excluding tert-OH is 1. The first-order valence-corrected chi connectivity index (χ1v) is 7.70. The Morgan fingerprint density at radius 1 is 1.45 bits per heavy atom. The molecule has 0 amide bonds. The fraction of sp³-hybridized carbons (Fsp3) is 0.750. The summed E-state index contributed by atoms with van der Waals surface area (Å²) in [5, 5.41) is 10.3. The maximum atomic E-state index is 10.3. The Morgan fingerprint density at radius 3 is 2.75 bits per heavy atom. The number of piperidine rings is 1. The number of rotatable bonds is 6. The van der Waals surface area contributed by atoms with Gasteiger partial charge in [-0.2, -0.15) is 0 Å². The fourth-order valence-corrected chi connectivity index (χ4v) is 2.84. The van der Waals surface area contributed by atoms with Crippen molar-refractivity contribution in [1.82, 2.24) is 9.80 Å². The highest BCUT2D eigenvalue weighted by Crippen LogP contribution is 2.20. The van der Waals surface area contributed by atoms with Crippen LogP contribution in [0.4, 0.5) is 0 Å². The van der Waals surface area contributed by atoms with E-state index in [1.54, 1.807) is 6.26 Å². The monoisotopic (exact) mass is 280 g/mol. The van der Waals surface area contributed by atoms with Crippen LogP contribution in [0.3, 0.4) is 0 Å². The van der Waals surface area contributed by atoms with Gasteiger partial charge in [-0.15, -0.1) is 0 Å². The van der Waals surface area contributed by atoms with Gasteiger partial charge in [0.1, 0.15) is 5.76 Å². The molecule has 0 bridgehead atoms. The van der Waals surface area contributed by atoms with E-state index in [2.05, 4.69) is 23.6 Å². The summed E-state index contributed by atoms with van der Waals surface area (Å²) in [6, 6.07) is 4.09. The molecule has 4 nitrogen and oxygen atoms in total. The summed E-state index contributed by atoms with van der Waals surface area (Å²) in [6.45, 7) is 8.11. The van der Waals surface area contributed by atoms with E-state index in [1.807, 2.05) is 19.2 Å². The third-order valence-electron chi connectivity index (χ3n) is 4.46. The molecule has 1 aliphatic rings. The number of furan rings is 1. The summed E-state index contributed by atoms with van der Waals surface area (Å²) in [6.07, 6.45) is 3.91. The van der Waals surface area contributed by atoms with Crippen LogP contribution < -0.4 is 0 Å². The van der Waals surface area contributed by atoms with Crippen molar-refractivity contribution in [2.45, 2.75) is 38.8 Å². The minimum atomic E-state index is -0.300. The molecule has 1 aliphatic heterocycles. The SMILES string of the molecule is CC1CCN(CC(O)CN(C)C(C)c2ccco2)CC1. The van der Waals surface area contributed by atoms with Gasteiger partial charge in [0.2, 0.25) is 0 Å². The highest BCUT2D eigenvalue weighted by Gasteiger charge is 2.21. The molecule has 2 unspecified atom stereocenters. The zero-order valence-electron chi connectivity index (χ0n) is 13.0. The average Bonchev–Trinajstić information content (AvgIpc) is 2.94. The largest absolute Gasteiger partial charge is 0.468 e. The second kappa shape index (κ2) is 7.25. The molecule has 0 aromatic carbocycles. The van der Waals surface area contributed by atoms with E-state index in [4.69, 9.17) is 4.42 Å². The Kier molecular flexibility index (Phi) is 5.64. The highest BCUT2D eigenvalue weighted by molar-refractivity contribution is 5.03. The van der Waals surface area contributed by atoms with Crippen molar-refractivity contribution in [1.29, 1.82) is 0 Å². The van der Waals surface area contributed by atoms with Crippen molar-refractivity contribution in [3.8, 4) is 0 Å². The van der Waals surface area contributed by atoms with Crippen LogP contribution in [0.5, 0.6) is 0 Å². The van der Waals surface area contributed by atoms with Crippen molar-refractivity contribution < 1.29 is 9.52 Å². The van der Waals surface area contributed by atoms with E-state index in [0.717, 1.165) is 31.3 Å². The molecule has 114 valence electrons. The number of likely N-dealkylation sites (tertiary alicyclic amines) is 1. The lowest BCUT2D eigenvalue weighted by atomic mass is 9.99. The fourth-order valence-electron chi connectivity index (χ4n) is 2.84. The van der Waals surface area contributed by atoms with Crippen molar-refractivity contribution in [3.05, 3.63) is 24.2 Å². The minimum Gasteiger partial charge on any atom is -0.468 e. The summed E-state index contributed by atoms with van der Waals surface area (Å²) >= 11 is 0. The smallest absolute Gasteiger partial charge is 0.120 e. The Balaban J connectivity index is 1.74. The molecule has 0 aliphatic carbocycles. The van der Waals surface area contributed by atoms with Gasteiger partial charge >= 0.3 is 0 Å². The molecule has 1 aromatic heterocycles. The first-order valence-electron chi connectivity index (χ1n) is 7.70. The topological polar surface area (TPSA) is 39.9 Å². The minimum absolute atomic E-state index is 0.195. The van der Waals surface area contributed by atoms with Crippen molar-refractivity contribution in [2.24, 2.45) is 5.92 Å². The molecule has 1 fully saturated rings. The molecule has 1 aromatic rings. The molecular weight excluding hydrogens is 252 g/mol. The zero-order chi connectivity index (χ0) is 14.5. The van der Waals surface area contributed by atoms with Crippen LogP contribution in [0, 0.1) is 5.92 Å². The summed E-state index contributed by atoms with van der Waals surface area (Å²) in [5.41, 5.74) is 0.